The van der Waals surface area contributed by atoms with Crippen LogP contribution in [0.25, 0.3) is 0 Å². The van der Waals surface area contributed by atoms with Crippen LogP contribution in [0, 0.1) is 19.7 Å². The van der Waals surface area contributed by atoms with E-state index >= 15 is 0 Å². The quantitative estimate of drug-likeness (QED) is 0.182. The first kappa shape index (κ1) is 24.0. The molecule has 0 bridgehead atoms. The number of hydrogen-bond donors (Lipinski definition) is 1. The van der Waals surface area contributed by atoms with Gasteiger partial charge in [-0.15, -0.1) is 10.2 Å². The van der Waals surface area contributed by atoms with Gasteiger partial charge in [-0.05, 0) is 43.2 Å². The molecule has 4 aromatic rings. The van der Waals surface area contributed by atoms with Gasteiger partial charge in [0.2, 0.25) is 10.9 Å². The van der Waals surface area contributed by atoms with Crippen molar-refractivity contribution in [3.63, 3.8) is 0 Å². The van der Waals surface area contributed by atoms with Gasteiger partial charge in [0.1, 0.15) is 11.6 Å². The maximum atomic E-state index is 14.0. The maximum Gasteiger partial charge on any atom is 0.296 e. The van der Waals surface area contributed by atoms with Crippen LogP contribution in [0.1, 0.15) is 39.0 Å². The van der Waals surface area contributed by atoms with E-state index in [1.807, 2.05) is 19.1 Å². The maximum absolute atomic E-state index is 14.0. The van der Waals surface area contributed by atoms with Gasteiger partial charge < -0.3 is 9.52 Å². The summed E-state index contributed by atoms with van der Waals surface area (Å²) >= 11 is 2.41. The van der Waals surface area contributed by atoms with Gasteiger partial charge in [-0.3, -0.25) is 14.5 Å². The van der Waals surface area contributed by atoms with Crippen LogP contribution < -0.4 is 4.90 Å². The summed E-state index contributed by atoms with van der Waals surface area (Å²) in [6.07, 6.45) is 0. The smallest absolute Gasteiger partial charge is 0.296 e. The molecular formula is C26H20FN3O4S2. The lowest BCUT2D eigenvalue weighted by Gasteiger charge is -2.23. The molecule has 0 saturated heterocycles. The van der Waals surface area contributed by atoms with Crippen molar-refractivity contribution in [2.75, 3.05) is 4.90 Å². The number of aryl methyl sites for hydroxylation is 2. The molecule has 7 nitrogen and oxygen atoms in total. The molecule has 182 valence electrons. The number of anilines is 1. The normalized spacial score (nSPS) is 15.7. The standard InChI is InChI=1S/C26H20FN3O4S2/c1-14-7-10-16(11-8-14)21-20(22(31)19-12-9-15(2)34-19)23(32)24(33)30(21)25-28-29-26(36-25)35-13-17-5-3-4-6-18(17)27/h3-12,21,32H,13H2,1-2H3. The van der Waals surface area contributed by atoms with Crippen LogP contribution in [0.3, 0.4) is 0 Å². The lowest BCUT2D eigenvalue weighted by atomic mass is 9.95. The van der Waals surface area contributed by atoms with E-state index in [2.05, 4.69) is 10.2 Å². The van der Waals surface area contributed by atoms with E-state index in [0.717, 1.165) is 16.9 Å². The second-order valence-corrected chi connectivity index (χ2v) is 10.4. The topological polar surface area (TPSA) is 96.5 Å². The van der Waals surface area contributed by atoms with Crippen molar-refractivity contribution >= 4 is 39.9 Å². The summed E-state index contributed by atoms with van der Waals surface area (Å²) in [5.74, 6) is -1.41. The molecule has 1 N–H and O–H groups in total. The van der Waals surface area contributed by atoms with Crippen molar-refractivity contribution in [3.05, 3.63) is 106 Å². The number of furan rings is 1. The highest BCUT2D eigenvalue weighted by molar-refractivity contribution is 8.00. The summed E-state index contributed by atoms with van der Waals surface area (Å²) in [6.45, 7) is 3.63. The van der Waals surface area contributed by atoms with Gasteiger partial charge >= 0.3 is 0 Å². The molecule has 36 heavy (non-hydrogen) atoms. The number of nitrogens with zero attached hydrogens (tertiary/aromatic N) is 3. The average molecular weight is 522 g/mol. The Bertz CT molecular complexity index is 1490. The summed E-state index contributed by atoms with van der Waals surface area (Å²) in [6, 6.07) is 16.0. The molecule has 1 unspecified atom stereocenters. The molecule has 0 aliphatic carbocycles. The zero-order valence-corrected chi connectivity index (χ0v) is 20.9. The number of benzene rings is 2. The minimum atomic E-state index is -0.923. The molecule has 2 aromatic carbocycles. The Morgan fingerprint density at radius 3 is 2.56 bits per heavy atom. The average Bonchev–Trinajstić information content (AvgIpc) is 3.57. The zero-order valence-electron chi connectivity index (χ0n) is 19.3. The van der Waals surface area contributed by atoms with Gasteiger partial charge in [0.05, 0.1) is 11.6 Å². The molecule has 3 heterocycles. The first-order valence-corrected chi connectivity index (χ1v) is 12.8. The summed E-state index contributed by atoms with van der Waals surface area (Å²) in [4.78, 5) is 27.9. The highest BCUT2D eigenvalue weighted by Gasteiger charge is 2.46. The van der Waals surface area contributed by atoms with Crippen LogP contribution in [0.2, 0.25) is 0 Å². The fourth-order valence-electron chi connectivity index (χ4n) is 3.90. The lowest BCUT2D eigenvalue weighted by Crippen LogP contribution is -2.31. The predicted molar refractivity (Wildman–Crippen MR) is 135 cm³/mol. The molecular weight excluding hydrogens is 501 g/mol. The number of Topliss-reactive ketones (excluding diaryl/α,β-unsaturated/α-hetero) is 1. The number of ketones is 1. The third-order valence-electron chi connectivity index (χ3n) is 5.72. The van der Waals surface area contributed by atoms with Crippen LogP contribution in [-0.2, 0) is 10.5 Å². The summed E-state index contributed by atoms with van der Waals surface area (Å²) < 4.78 is 20.0. The Balaban J connectivity index is 1.50. The third kappa shape index (κ3) is 4.45. The Labute approximate surface area is 214 Å². The molecule has 10 heteroatoms. The molecule has 1 amide bonds. The van der Waals surface area contributed by atoms with Crippen LogP contribution in [0.15, 0.2) is 80.8 Å². The van der Waals surface area contributed by atoms with Crippen molar-refractivity contribution < 1.29 is 23.5 Å². The van der Waals surface area contributed by atoms with E-state index in [1.54, 1.807) is 43.3 Å². The van der Waals surface area contributed by atoms with Gasteiger partial charge in [0, 0.05) is 5.75 Å². The molecule has 1 aliphatic heterocycles. The van der Waals surface area contributed by atoms with Crippen LogP contribution in [0.5, 0.6) is 0 Å². The zero-order chi connectivity index (χ0) is 25.4. The largest absolute Gasteiger partial charge is 0.503 e. The lowest BCUT2D eigenvalue weighted by molar-refractivity contribution is -0.117. The van der Waals surface area contributed by atoms with Crippen molar-refractivity contribution in [1.29, 1.82) is 0 Å². The second kappa shape index (κ2) is 9.71. The third-order valence-corrected chi connectivity index (χ3v) is 7.83. The van der Waals surface area contributed by atoms with E-state index in [0.29, 0.717) is 27.0 Å². The van der Waals surface area contributed by atoms with Gasteiger partial charge in [0.15, 0.2) is 15.9 Å². The summed E-state index contributed by atoms with van der Waals surface area (Å²) in [7, 11) is 0. The first-order valence-electron chi connectivity index (χ1n) is 11.0. The molecule has 1 aliphatic rings. The van der Waals surface area contributed by atoms with Gasteiger partial charge in [0.25, 0.3) is 5.91 Å². The fraction of sp³-hybridized carbons (Fsp3) is 0.154. The van der Waals surface area contributed by atoms with Crippen molar-refractivity contribution in [2.45, 2.75) is 30.0 Å². The van der Waals surface area contributed by atoms with Crippen molar-refractivity contribution in [1.82, 2.24) is 10.2 Å². The molecule has 0 saturated carbocycles. The van der Waals surface area contributed by atoms with Crippen LogP contribution >= 0.6 is 23.1 Å². The Hall–Kier alpha value is -3.76. The summed E-state index contributed by atoms with van der Waals surface area (Å²) in [5, 5.41) is 19.4. The SMILES string of the molecule is Cc1ccc(C2C(C(=O)c3ccc(C)o3)=C(O)C(=O)N2c2nnc(SCc3ccccc3F)s2)cc1. The number of thioether (sulfide) groups is 1. The molecule has 1 atom stereocenters. The number of hydrogen-bond acceptors (Lipinski definition) is 8. The number of amides is 1. The second-order valence-electron chi connectivity index (χ2n) is 8.22. The van der Waals surface area contributed by atoms with E-state index < -0.39 is 23.5 Å². The van der Waals surface area contributed by atoms with E-state index in [-0.39, 0.29) is 22.3 Å². The molecule has 0 fully saturated rings. The number of aliphatic hydroxyl groups excluding tert-OH is 1. The van der Waals surface area contributed by atoms with E-state index in [4.69, 9.17) is 4.42 Å². The van der Waals surface area contributed by atoms with E-state index in [9.17, 15) is 19.1 Å². The number of rotatable bonds is 7. The number of halogens is 1. The summed E-state index contributed by atoms with van der Waals surface area (Å²) in [5.41, 5.74) is 2.06. The Kier molecular flexibility index (Phi) is 6.46. The van der Waals surface area contributed by atoms with Crippen molar-refractivity contribution in [3.8, 4) is 0 Å². The van der Waals surface area contributed by atoms with Crippen molar-refractivity contribution in [2.24, 2.45) is 0 Å². The predicted octanol–water partition coefficient (Wildman–Crippen LogP) is 5.96. The van der Waals surface area contributed by atoms with Crippen LogP contribution in [0.4, 0.5) is 9.52 Å². The first-order chi connectivity index (χ1) is 17.3. The van der Waals surface area contributed by atoms with E-state index in [1.165, 1.54) is 28.8 Å². The fourth-order valence-corrected chi connectivity index (χ4v) is 5.75. The van der Waals surface area contributed by atoms with Gasteiger partial charge in [-0.25, -0.2) is 4.39 Å². The van der Waals surface area contributed by atoms with Crippen LogP contribution in [-0.4, -0.2) is 27.0 Å². The minimum absolute atomic E-state index is 0.0270. The van der Waals surface area contributed by atoms with Gasteiger partial charge in [-0.2, -0.15) is 0 Å². The molecule has 5 rings (SSSR count). The highest BCUT2D eigenvalue weighted by atomic mass is 32.2. The molecule has 0 radical (unpaired) electrons. The Morgan fingerprint density at radius 1 is 1.11 bits per heavy atom. The number of carbonyl (C=O) groups excluding carboxylic acids is 2. The van der Waals surface area contributed by atoms with Gasteiger partial charge in [-0.1, -0.05) is 71.1 Å². The molecule has 2 aromatic heterocycles. The Morgan fingerprint density at radius 2 is 1.86 bits per heavy atom. The molecule has 0 spiro atoms. The number of aliphatic hydroxyl groups is 1. The minimum Gasteiger partial charge on any atom is -0.503 e. The highest BCUT2D eigenvalue weighted by Crippen LogP contribution is 2.44. The monoisotopic (exact) mass is 521 g/mol. The number of aromatic nitrogens is 2. The number of carbonyl (C=O) groups is 2.